The second kappa shape index (κ2) is 11.2. The summed E-state index contributed by atoms with van der Waals surface area (Å²) in [4.78, 5) is 16.7. The van der Waals surface area contributed by atoms with E-state index in [4.69, 9.17) is 14.2 Å². The molecule has 2 aromatic rings. The van der Waals surface area contributed by atoms with E-state index in [0.29, 0.717) is 19.1 Å². The summed E-state index contributed by atoms with van der Waals surface area (Å²) in [7, 11) is 0. The molecule has 0 aliphatic carbocycles. The van der Waals surface area contributed by atoms with Crippen molar-refractivity contribution in [3.8, 4) is 11.5 Å². The number of hydrogen-bond acceptors (Lipinski definition) is 5. The predicted octanol–water partition coefficient (Wildman–Crippen LogP) is 5.78. The number of ether oxygens (including phenoxy) is 3. The van der Waals surface area contributed by atoms with E-state index >= 15 is 0 Å². The van der Waals surface area contributed by atoms with Crippen molar-refractivity contribution in [2.75, 3.05) is 13.2 Å². The summed E-state index contributed by atoms with van der Waals surface area (Å²) in [5.41, 5.74) is 1.80. The Morgan fingerprint density at radius 2 is 1.70 bits per heavy atom. The van der Waals surface area contributed by atoms with E-state index in [9.17, 15) is 4.79 Å². The standard InChI is InChI=1S/C25H29NO4/c1-3-5-6-7-10-17-29-23-12-9-8-11-20(23)18-22-25(27)30-24(26-22)19-13-15-21(16-14-19)28-4-2/h8-9,11-16,18H,3-7,10,17H2,1-2H3/b22-18-. The van der Waals surface area contributed by atoms with Crippen LogP contribution in [0.25, 0.3) is 6.08 Å². The van der Waals surface area contributed by atoms with Crippen LogP contribution in [0.2, 0.25) is 0 Å². The van der Waals surface area contributed by atoms with E-state index < -0.39 is 5.97 Å². The number of cyclic esters (lactones) is 1. The highest BCUT2D eigenvalue weighted by Crippen LogP contribution is 2.25. The van der Waals surface area contributed by atoms with Crippen molar-refractivity contribution in [3.05, 3.63) is 65.4 Å². The SMILES string of the molecule is CCCCCCCOc1ccccc1/C=C1\N=C(c2ccc(OCC)cc2)OC1=O. The maximum atomic E-state index is 12.3. The van der Waals surface area contributed by atoms with Crippen molar-refractivity contribution in [3.63, 3.8) is 0 Å². The number of nitrogens with zero attached hydrogens (tertiary/aromatic N) is 1. The van der Waals surface area contributed by atoms with Crippen LogP contribution in [-0.4, -0.2) is 25.1 Å². The molecule has 0 atom stereocenters. The second-order valence-electron chi connectivity index (χ2n) is 7.09. The third-order valence-corrected chi connectivity index (χ3v) is 4.75. The van der Waals surface area contributed by atoms with Crippen LogP contribution in [0, 0.1) is 0 Å². The van der Waals surface area contributed by atoms with Crippen LogP contribution in [0.5, 0.6) is 11.5 Å². The Balaban J connectivity index is 1.69. The van der Waals surface area contributed by atoms with Crippen molar-refractivity contribution in [2.45, 2.75) is 46.0 Å². The minimum absolute atomic E-state index is 0.262. The van der Waals surface area contributed by atoms with E-state index in [1.54, 1.807) is 6.08 Å². The Kier molecular flexibility index (Phi) is 8.07. The quantitative estimate of drug-likeness (QED) is 0.269. The lowest BCUT2D eigenvalue weighted by atomic mass is 10.1. The van der Waals surface area contributed by atoms with Crippen molar-refractivity contribution < 1.29 is 19.0 Å². The molecule has 5 heteroatoms. The van der Waals surface area contributed by atoms with E-state index in [1.807, 2.05) is 55.5 Å². The number of hydrogen-bond donors (Lipinski definition) is 0. The molecule has 1 aliphatic heterocycles. The number of unbranched alkanes of at least 4 members (excludes halogenated alkanes) is 4. The third kappa shape index (κ3) is 5.96. The van der Waals surface area contributed by atoms with Gasteiger partial charge in [0.2, 0.25) is 5.90 Å². The molecule has 0 spiro atoms. The minimum atomic E-state index is -0.465. The summed E-state index contributed by atoms with van der Waals surface area (Å²) in [5.74, 6) is 1.34. The Morgan fingerprint density at radius 1 is 0.933 bits per heavy atom. The summed E-state index contributed by atoms with van der Waals surface area (Å²) in [6.45, 7) is 5.40. The van der Waals surface area contributed by atoms with Gasteiger partial charge in [0.1, 0.15) is 11.5 Å². The minimum Gasteiger partial charge on any atom is -0.494 e. The Morgan fingerprint density at radius 3 is 2.47 bits per heavy atom. The van der Waals surface area contributed by atoms with Gasteiger partial charge in [-0.1, -0.05) is 50.8 Å². The molecule has 1 aliphatic rings. The zero-order chi connectivity index (χ0) is 21.2. The molecule has 0 radical (unpaired) electrons. The molecule has 158 valence electrons. The molecule has 2 aromatic carbocycles. The highest BCUT2D eigenvalue weighted by atomic mass is 16.6. The van der Waals surface area contributed by atoms with Gasteiger partial charge >= 0.3 is 5.97 Å². The maximum Gasteiger partial charge on any atom is 0.363 e. The normalized spacial score (nSPS) is 14.5. The lowest BCUT2D eigenvalue weighted by Crippen LogP contribution is -2.05. The van der Waals surface area contributed by atoms with Gasteiger partial charge in [-0.2, -0.15) is 0 Å². The maximum absolute atomic E-state index is 12.3. The molecular formula is C25H29NO4. The largest absolute Gasteiger partial charge is 0.494 e. The fourth-order valence-corrected chi connectivity index (χ4v) is 3.16. The van der Waals surface area contributed by atoms with Gasteiger partial charge in [-0.25, -0.2) is 9.79 Å². The third-order valence-electron chi connectivity index (χ3n) is 4.75. The molecule has 3 rings (SSSR count). The van der Waals surface area contributed by atoms with E-state index in [0.717, 1.165) is 29.0 Å². The van der Waals surface area contributed by atoms with Gasteiger partial charge < -0.3 is 14.2 Å². The van der Waals surface area contributed by atoms with Gasteiger partial charge in [0, 0.05) is 11.1 Å². The molecule has 0 fully saturated rings. The first-order chi connectivity index (χ1) is 14.7. The summed E-state index contributed by atoms with van der Waals surface area (Å²) in [6, 6.07) is 15.0. The van der Waals surface area contributed by atoms with E-state index in [1.165, 1.54) is 25.7 Å². The van der Waals surface area contributed by atoms with Crippen molar-refractivity contribution in [1.29, 1.82) is 0 Å². The highest BCUT2D eigenvalue weighted by Gasteiger charge is 2.24. The Hall–Kier alpha value is -3.08. The first kappa shape index (κ1) is 21.6. The molecule has 0 saturated heterocycles. The second-order valence-corrected chi connectivity index (χ2v) is 7.09. The first-order valence-corrected chi connectivity index (χ1v) is 10.7. The molecule has 0 saturated carbocycles. The zero-order valence-corrected chi connectivity index (χ0v) is 17.7. The highest BCUT2D eigenvalue weighted by molar-refractivity contribution is 6.13. The van der Waals surface area contributed by atoms with Crippen LogP contribution in [-0.2, 0) is 9.53 Å². The van der Waals surface area contributed by atoms with Gasteiger partial charge in [0.05, 0.1) is 13.2 Å². The molecule has 0 N–H and O–H groups in total. The Bertz CT molecular complexity index is 900. The molecule has 5 nitrogen and oxygen atoms in total. The van der Waals surface area contributed by atoms with Gasteiger partial charge in [-0.15, -0.1) is 0 Å². The molecule has 0 bridgehead atoms. The lowest BCUT2D eigenvalue weighted by molar-refractivity contribution is -0.129. The van der Waals surface area contributed by atoms with E-state index in [2.05, 4.69) is 11.9 Å². The smallest absolute Gasteiger partial charge is 0.363 e. The van der Waals surface area contributed by atoms with Gasteiger partial charge in [-0.05, 0) is 49.8 Å². The van der Waals surface area contributed by atoms with Gasteiger partial charge in [0.15, 0.2) is 5.70 Å². The number of carbonyl (C=O) groups is 1. The fraction of sp³-hybridized carbons (Fsp3) is 0.360. The van der Waals surface area contributed by atoms with Crippen LogP contribution < -0.4 is 9.47 Å². The molecule has 0 aromatic heterocycles. The van der Waals surface area contributed by atoms with Crippen molar-refractivity contribution in [2.24, 2.45) is 4.99 Å². The average molecular weight is 408 g/mol. The predicted molar refractivity (Wildman–Crippen MR) is 119 cm³/mol. The summed E-state index contributed by atoms with van der Waals surface area (Å²) < 4.78 is 16.8. The zero-order valence-electron chi connectivity index (χ0n) is 17.7. The van der Waals surface area contributed by atoms with Crippen LogP contribution in [0.1, 0.15) is 57.1 Å². The molecular weight excluding hydrogens is 378 g/mol. The van der Waals surface area contributed by atoms with Gasteiger partial charge in [-0.3, -0.25) is 0 Å². The van der Waals surface area contributed by atoms with Crippen molar-refractivity contribution >= 4 is 17.9 Å². The number of para-hydroxylation sites is 1. The molecule has 30 heavy (non-hydrogen) atoms. The number of rotatable bonds is 11. The number of carbonyl (C=O) groups excluding carboxylic acids is 1. The monoisotopic (exact) mass is 407 g/mol. The number of esters is 1. The number of aliphatic imine (C=N–C) groups is 1. The molecule has 0 unspecified atom stereocenters. The summed E-state index contributed by atoms with van der Waals surface area (Å²) in [6.07, 6.45) is 7.63. The average Bonchev–Trinajstić information content (AvgIpc) is 3.13. The fourth-order valence-electron chi connectivity index (χ4n) is 3.16. The van der Waals surface area contributed by atoms with Crippen LogP contribution in [0.15, 0.2) is 59.2 Å². The van der Waals surface area contributed by atoms with Crippen LogP contribution in [0.3, 0.4) is 0 Å². The van der Waals surface area contributed by atoms with Gasteiger partial charge in [0.25, 0.3) is 0 Å². The topological polar surface area (TPSA) is 57.1 Å². The van der Waals surface area contributed by atoms with Crippen LogP contribution in [0.4, 0.5) is 0 Å². The first-order valence-electron chi connectivity index (χ1n) is 10.7. The number of benzene rings is 2. The van der Waals surface area contributed by atoms with Crippen molar-refractivity contribution in [1.82, 2.24) is 0 Å². The summed E-state index contributed by atoms with van der Waals surface area (Å²) in [5, 5.41) is 0. The Labute approximate surface area is 178 Å². The summed E-state index contributed by atoms with van der Waals surface area (Å²) >= 11 is 0. The van der Waals surface area contributed by atoms with E-state index in [-0.39, 0.29) is 5.70 Å². The molecule has 0 amide bonds. The lowest BCUT2D eigenvalue weighted by Gasteiger charge is -2.09. The van der Waals surface area contributed by atoms with Crippen LogP contribution >= 0.6 is 0 Å². The molecule has 1 heterocycles.